The van der Waals surface area contributed by atoms with E-state index in [-0.39, 0.29) is 0 Å². The second-order valence-electron chi connectivity index (χ2n) is 7.88. The quantitative estimate of drug-likeness (QED) is 0.459. The van der Waals surface area contributed by atoms with Crippen LogP contribution in [-0.2, 0) is 16.0 Å². The third-order valence-corrected chi connectivity index (χ3v) is 5.69. The molecule has 0 aliphatic heterocycles. The lowest BCUT2D eigenvalue weighted by Gasteiger charge is -2.12. The lowest BCUT2D eigenvalue weighted by atomic mass is 9.93. The highest BCUT2D eigenvalue weighted by molar-refractivity contribution is 5.95. The first-order valence-corrected chi connectivity index (χ1v) is 11.0. The molecule has 166 valence electrons. The maximum Gasteiger partial charge on any atom is 0.211 e. The summed E-state index contributed by atoms with van der Waals surface area (Å²) in [6.07, 6.45) is 10.8. The van der Waals surface area contributed by atoms with Crippen LogP contribution >= 0.6 is 0 Å². The average molecular weight is 436 g/mol. The van der Waals surface area contributed by atoms with Gasteiger partial charge in [0.25, 0.3) is 0 Å². The van der Waals surface area contributed by atoms with Gasteiger partial charge in [-0.2, -0.15) is 0 Å². The van der Waals surface area contributed by atoms with Gasteiger partial charge in [0.15, 0.2) is 0 Å². The summed E-state index contributed by atoms with van der Waals surface area (Å²) in [5.74, 6) is 0. The summed E-state index contributed by atoms with van der Waals surface area (Å²) >= 11 is 0. The molecule has 1 amide bonds. The molecule has 3 aromatic carbocycles. The van der Waals surface area contributed by atoms with Gasteiger partial charge in [-0.15, -0.1) is 0 Å². The van der Waals surface area contributed by atoms with Crippen LogP contribution in [0.1, 0.15) is 35.1 Å². The topological polar surface area (TPSA) is 46.2 Å². The molecule has 0 atom stereocenters. The zero-order valence-corrected chi connectivity index (χ0v) is 19.0. The minimum atomic E-state index is 0.716. The number of allylic oxidation sites excluding steroid dienone is 5. The molecule has 0 unspecified atom stereocenters. The fourth-order valence-corrected chi connectivity index (χ4v) is 4.14. The molecule has 0 fully saturated rings. The van der Waals surface area contributed by atoms with E-state index in [4.69, 9.17) is 4.79 Å². The van der Waals surface area contributed by atoms with Crippen LogP contribution in [-0.4, -0.2) is 13.2 Å². The summed E-state index contributed by atoms with van der Waals surface area (Å²) < 4.78 is 0. The lowest BCUT2D eigenvalue weighted by molar-refractivity contribution is -0.105. The van der Waals surface area contributed by atoms with Crippen LogP contribution in [0.4, 0.5) is 5.69 Å². The predicted octanol–water partition coefficient (Wildman–Crippen LogP) is 6.81. The fourth-order valence-electron chi connectivity index (χ4n) is 4.14. The van der Waals surface area contributed by atoms with Gasteiger partial charge in [-0.25, -0.2) is 0 Å². The molecule has 0 spiro atoms. The number of carbonyl (C=O) groups excluding carboxylic acids is 2. The van der Waals surface area contributed by atoms with E-state index in [1.165, 1.54) is 33.4 Å². The molecule has 2 aliphatic rings. The van der Waals surface area contributed by atoms with E-state index in [1.54, 1.807) is 0 Å². The molecule has 1 N–H and O–H groups in total. The van der Waals surface area contributed by atoms with E-state index in [0.29, 0.717) is 6.41 Å². The molecule has 2 aliphatic carbocycles. The first-order valence-electron chi connectivity index (χ1n) is 11.0. The molecule has 3 aromatic rings. The van der Waals surface area contributed by atoms with E-state index in [9.17, 15) is 4.79 Å². The summed E-state index contributed by atoms with van der Waals surface area (Å²) in [7, 11) is 0. The molecule has 5 rings (SSSR count). The molecule has 0 saturated heterocycles. The van der Waals surface area contributed by atoms with E-state index >= 15 is 0 Å². The SMILES string of the molecule is C=O.Cc1ccccc1.O=CNc1cccc(/C=C2\C3=C(CC=C3)CCc3ccccc32)c1. The lowest BCUT2D eigenvalue weighted by Crippen LogP contribution is -1.94. The van der Waals surface area contributed by atoms with Crippen molar-refractivity contribution in [1.82, 2.24) is 0 Å². The number of rotatable bonds is 3. The molecule has 0 aromatic heterocycles. The van der Waals surface area contributed by atoms with Crippen molar-refractivity contribution in [2.75, 3.05) is 5.32 Å². The Balaban J connectivity index is 0.000000289. The first-order chi connectivity index (χ1) is 16.2. The minimum Gasteiger partial charge on any atom is -0.329 e. The van der Waals surface area contributed by atoms with E-state index in [1.807, 2.05) is 43.2 Å². The number of hydrogen-bond acceptors (Lipinski definition) is 2. The Morgan fingerprint density at radius 1 is 0.879 bits per heavy atom. The van der Waals surface area contributed by atoms with Crippen molar-refractivity contribution in [2.24, 2.45) is 0 Å². The smallest absolute Gasteiger partial charge is 0.211 e. The highest BCUT2D eigenvalue weighted by Crippen LogP contribution is 2.40. The maximum atomic E-state index is 10.7. The Hall–Kier alpha value is -3.98. The van der Waals surface area contributed by atoms with Crippen molar-refractivity contribution < 1.29 is 9.59 Å². The van der Waals surface area contributed by atoms with Gasteiger partial charge in [0, 0.05) is 5.69 Å². The van der Waals surface area contributed by atoms with Crippen LogP contribution in [0.3, 0.4) is 0 Å². The van der Waals surface area contributed by atoms with Crippen LogP contribution < -0.4 is 5.32 Å². The van der Waals surface area contributed by atoms with Gasteiger partial charge in [-0.3, -0.25) is 4.79 Å². The van der Waals surface area contributed by atoms with Gasteiger partial charge in [0.1, 0.15) is 6.79 Å². The number of carbonyl (C=O) groups is 2. The Morgan fingerprint density at radius 3 is 2.36 bits per heavy atom. The standard InChI is InChI=1S/C22H19NO.C7H8.CH2O/c24-15-23-19-8-3-5-16(13-19)14-22-20-9-2-1-6-17(20)11-12-18-7-4-10-21(18)22;1-7-5-3-2-4-6-7;1-2/h1-6,8-10,13-15H,7,11-12H2,(H,23,24);2-6H,1H3;1H2/b22-14-;;. The molecule has 0 heterocycles. The number of aryl methyl sites for hydroxylation is 2. The molecule has 3 heteroatoms. The minimum absolute atomic E-state index is 0.716. The summed E-state index contributed by atoms with van der Waals surface area (Å²) in [5.41, 5.74) is 10.2. The van der Waals surface area contributed by atoms with Gasteiger partial charge in [-0.05, 0) is 72.2 Å². The Morgan fingerprint density at radius 2 is 1.64 bits per heavy atom. The highest BCUT2D eigenvalue weighted by Gasteiger charge is 2.20. The Kier molecular flexibility index (Phi) is 8.72. The maximum absolute atomic E-state index is 10.7. The third kappa shape index (κ3) is 6.27. The van der Waals surface area contributed by atoms with Gasteiger partial charge in [-0.1, -0.05) is 90.0 Å². The summed E-state index contributed by atoms with van der Waals surface area (Å²) in [6, 6.07) is 26.9. The average Bonchev–Trinajstić information content (AvgIpc) is 3.27. The van der Waals surface area contributed by atoms with Crippen LogP contribution in [0.15, 0.2) is 102 Å². The van der Waals surface area contributed by atoms with E-state index in [0.717, 1.165) is 30.5 Å². The summed E-state index contributed by atoms with van der Waals surface area (Å²) in [4.78, 5) is 18.7. The van der Waals surface area contributed by atoms with Crippen LogP contribution in [0.5, 0.6) is 0 Å². The number of hydrogen-bond donors (Lipinski definition) is 1. The molecule has 33 heavy (non-hydrogen) atoms. The predicted molar refractivity (Wildman–Crippen MR) is 138 cm³/mol. The van der Waals surface area contributed by atoms with Crippen molar-refractivity contribution >= 4 is 30.5 Å². The number of amides is 1. The Bertz CT molecular complexity index is 1170. The Labute approximate surface area is 196 Å². The largest absolute Gasteiger partial charge is 0.329 e. The van der Waals surface area contributed by atoms with Gasteiger partial charge >= 0.3 is 0 Å². The summed E-state index contributed by atoms with van der Waals surface area (Å²) in [5, 5.41) is 2.73. The van der Waals surface area contributed by atoms with E-state index in [2.05, 4.69) is 72.9 Å². The van der Waals surface area contributed by atoms with Crippen molar-refractivity contribution in [3.63, 3.8) is 0 Å². The monoisotopic (exact) mass is 435 g/mol. The normalized spacial score (nSPS) is 14.6. The molecular formula is C30H29NO2. The van der Waals surface area contributed by atoms with Gasteiger partial charge in [0.05, 0.1) is 0 Å². The first kappa shape index (κ1) is 23.7. The van der Waals surface area contributed by atoms with E-state index < -0.39 is 0 Å². The van der Waals surface area contributed by atoms with Crippen molar-refractivity contribution in [3.8, 4) is 0 Å². The van der Waals surface area contributed by atoms with Crippen molar-refractivity contribution in [3.05, 3.63) is 124 Å². The molecule has 0 saturated carbocycles. The zero-order chi connectivity index (χ0) is 23.5. The van der Waals surface area contributed by atoms with Crippen molar-refractivity contribution in [1.29, 1.82) is 0 Å². The van der Waals surface area contributed by atoms with Crippen LogP contribution in [0.2, 0.25) is 0 Å². The highest BCUT2D eigenvalue weighted by atomic mass is 16.1. The summed E-state index contributed by atoms with van der Waals surface area (Å²) in [6.45, 7) is 4.08. The molecule has 3 nitrogen and oxygen atoms in total. The molecule has 0 radical (unpaired) electrons. The fraction of sp³-hybridized carbons (Fsp3) is 0.133. The molecular weight excluding hydrogens is 406 g/mol. The second kappa shape index (κ2) is 12.2. The number of fused-ring (bicyclic) bond motifs is 1. The third-order valence-electron chi connectivity index (χ3n) is 5.69. The van der Waals surface area contributed by atoms with Gasteiger partial charge < -0.3 is 10.1 Å². The van der Waals surface area contributed by atoms with Crippen LogP contribution in [0, 0.1) is 6.92 Å². The van der Waals surface area contributed by atoms with Crippen molar-refractivity contribution in [2.45, 2.75) is 26.2 Å². The second-order valence-corrected chi connectivity index (χ2v) is 7.88. The number of benzene rings is 3. The number of anilines is 1. The van der Waals surface area contributed by atoms with Gasteiger partial charge in [0.2, 0.25) is 6.41 Å². The van der Waals surface area contributed by atoms with Crippen LogP contribution in [0.25, 0.3) is 11.6 Å². The molecule has 0 bridgehead atoms. The zero-order valence-electron chi connectivity index (χ0n) is 19.0. The number of nitrogens with one attached hydrogen (secondary N) is 1.